The lowest BCUT2D eigenvalue weighted by Crippen LogP contribution is -2.43. The summed E-state index contributed by atoms with van der Waals surface area (Å²) < 4.78 is 50.8. The van der Waals surface area contributed by atoms with Crippen molar-refractivity contribution in [3.63, 3.8) is 0 Å². The lowest BCUT2D eigenvalue weighted by Gasteiger charge is -2.31. The number of alkyl halides is 3. The second-order valence-corrected chi connectivity index (χ2v) is 9.93. The highest BCUT2D eigenvalue weighted by Crippen LogP contribution is 2.62. The number of anilines is 1. The van der Waals surface area contributed by atoms with Gasteiger partial charge in [0.05, 0.1) is 46.4 Å². The minimum atomic E-state index is -4.64. The van der Waals surface area contributed by atoms with Gasteiger partial charge in [0.15, 0.2) is 5.69 Å². The van der Waals surface area contributed by atoms with E-state index in [4.69, 9.17) is 9.47 Å². The summed E-state index contributed by atoms with van der Waals surface area (Å²) >= 11 is 0. The van der Waals surface area contributed by atoms with Crippen molar-refractivity contribution in [3.05, 3.63) is 54.1 Å². The van der Waals surface area contributed by atoms with Crippen LogP contribution in [0.5, 0.6) is 5.88 Å². The van der Waals surface area contributed by atoms with Crippen LogP contribution < -0.4 is 9.64 Å². The Morgan fingerprint density at radius 2 is 1.95 bits per heavy atom. The maximum atomic E-state index is 13.9. The molecule has 38 heavy (non-hydrogen) atoms. The Labute approximate surface area is 214 Å². The molecule has 3 fully saturated rings. The maximum Gasteiger partial charge on any atom is 0.433 e. The Morgan fingerprint density at radius 3 is 2.71 bits per heavy atom. The molecule has 3 saturated heterocycles. The molecule has 4 atom stereocenters. The molecule has 3 aliphatic heterocycles. The first-order valence-corrected chi connectivity index (χ1v) is 12.0. The highest BCUT2D eigenvalue weighted by Gasteiger charge is 2.73. The fraction of sp³-hybridized carbons (Fsp3) is 0.385. The summed E-state index contributed by atoms with van der Waals surface area (Å²) in [4.78, 5) is 40.0. The molecule has 2 amide bonds. The van der Waals surface area contributed by atoms with E-state index in [1.54, 1.807) is 18.2 Å². The van der Waals surface area contributed by atoms with E-state index < -0.39 is 40.8 Å². The Hall–Kier alpha value is -4.11. The molecule has 0 saturated carbocycles. The van der Waals surface area contributed by atoms with E-state index in [0.29, 0.717) is 41.1 Å². The molecule has 0 aliphatic carbocycles. The number of pyridine rings is 1. The molecule has 3 aromatic rings. The fourth-order valence-electron chi connectivity index (χ4n) is 6.19. The maximum absolute atomic E-state index is 13.9. The van der Waals surface area contributed by atoms with Crippen LogP contribution in [-0.2, 0) is 20.5 Å². The number of fused-ring (bicyclic) bond motifs is 6. The molecule has 0 unspecified atom stereocenters. The van der Waals surface area contributed by atoms with Crippen LogP contribution in [0.1, 0.15) is 37.4 Å². The van der Waals surface area contributed by atoms with Gasteiger partial charge in [0.2, 0.25) is 17.7 Å². The molecule has 2 aromatic heterocycles. The second kappa shape index (κ2) is 8.19. The van der Waals surface area contributed by atoms with Crippen molar-refractivity contribution < 1.29 is 32.2 Å². The number of hydrogen-bond donors (Lipinski definition) is 0. The molecule has 0 N–H and O–H groups in total. The molecule has 2 bridgehead atoms. The van der Waals surface area contributed by atoms with Gasteiger partial charge in [-0.05, 0) is 44.0 Å². The van der Waals surface area contributed by atoms with Crippen molar-refractivity contribution in [2.75, 3.05) is 11.5 Å². The van der Waals surface area contributed by atoms with E-state index >= 15 is 0 Å². The Morgan fingerprint density at radius 1 is 1.16 bits per heavy atom. The van der Waals surface area contributed by atoms with Crippen molar-refractivity contribution in [2.45, 2.75) is 43.6 Å². The van der Waals surface area contributed by atoms with Crippen molar-refractivity contribution in [3.8, 4) is 11.9 Å². The first kappa shape index (κ1) is 24.2. The first-order chi connectivity index (χ1) is 18.1. The highest BCUT2D eigenvalue weighted by molar-refractivity contribution is 6.26. The van der Waals surface area contributed by atoms with Crippen LogP contribution >= 0.6 is 0 Å². The number of nitriles is 1. The zero-order chi connectivity index (χ0) is 26.9. The predicted octanol–water partition coefficient (Wildman–Crippen LogP) is 3.81. The SMILES string of the molecule is C[C@]12CC[C@](CCOc3cc(C(F)(F)F)ncn3)(O1)[C@@H]1C(=O)N(c3ccc(C#N)c4ncccc34)C(=O)[C@@H]12. The van der Waals surface area contributed by atoms with Crippen molar-refractivity contribution in [2.24, 2.45) is 11.8 Å². The normalized spacial score (nSPS) is 28.1. The van der Waals surface area contributed by atoms with E-state index in [1.165, 1.54) is 17.2 Å². The van der Waals surface area contributed by atoms with Crippen LogP contribution in [0.2, 0.25) is 0 Å². The number of rotatable bonds is 5. The number of carbonyl (C=O) groups is 2. The molecule has 6 rings (SSSR count). The molecule has 3 aliphatic rings. The summed E-state index contributed by atoms with van der Waals surface area (Å²) in [6, 6.07) is 9.28. The van der Waals surface area contributed by atoms with Crippen LogP contribution in [0, 0.1) is 23.2 Å². The first-order valence-electron chi connectivity index (χ1n) is 12.0. The fourth-order valence-corrected chi connectivity index (χ4v) is 6.19. The molecular formula is C26H20F3N5O4. The summed E-state index contributed by atoms with van der Waals surface area (Å²) in [5.74, 6) is -2.55. The van der Waals surface area contributed by atoms with E-state index in [9.17, 15) is 28.0 Å². The van der Waals surface area contributed by atoms with Crippen molar-refractivity contribution in [1.29, 1.82) is 5.26 Å². The topological polar surface area (TPSA) is 118 Å². The van der Waals surface area contributed by atoms with Gasteiger partial charge < -0.3 is 9.47 Å². The van der Waals surface area contributed by atoms with Gasteiger partial charge in [-0.15, -0.1) is 0 Å². The van der Waals surface area contributed by atoms with Gasteiger partial charge >= 0.3 is 6.18 Å². The minimum absolute atomic E-state index is 0.0706. The van der Waals surface area contributed by atoms with Gasteiger partial charge in [-0.2, -0.15) is 18.4 Å². The van der Waals surface area contributed by atoms with E-state index in [1.807, 2.05) is 6.92 Å². The van der Waals surface area contributed by atoms with Crippen molar-refractivity contribution >= 4 is 28.4 Å². The van der Waals surface area contributed by atoms with Crippen LogP contribution in [0.15, 0.2) is 42.9 Å². The second-order valence-electron chi connectivity index (χ2n) is 9.93. The molecule has 5 heterocycles. The van der Waals surface area contributed by atoms with Crippen LogP contribution in [0.3, 0.4) is 0 Å². The summed E-state index contributed by atoms with van der Waals surface area (Å²) in [5, 5.41) is 9.97. The summed E-state index contributed by atoms with van der Waals surface area (Å²) in [6.45, 7) is 1.74. The third-order valence-corrected chi connectivity index (χ3v) is 7.83. The smallest absolute Gasteiger partial charge is 0.433 e. The zero-order valence-electron chi connectivity index (χ0n) is 20.0. The average molecular weight is 523 g/mol. The lowest BCUT2D eigenvalue weighted by atomic mass is 9.67. The number of amides is 2. The number of aromatic nitrogens is 3. The third-order valence-electron chi connectivity index (χ3n) is 7.83. The molecular weight excluding hydrogens is 503 g/mol. The number of halogens is 3. The van der Waals surface area contributed by atoms with E-state index in [-0.39, 0.29) is 24.8 Å². The van der Waals surface area contributed by atoms with Crippen LogP contribution in [0.25, 0.3) is 10.9 Å². The van der Waals surface area contributed by atoms with Gasteiger partial charge in [-0.3, -0.25) is 14.6 Å². The Kier molecular flexibility index (Phi) is 5.23. The summed E-state index contributed by atoms with van der Waals surface area (Å²) in [6.07, 6.45) is -1.11. The van der Waals surface area contributed by atoms with Crippen LogP contribution in [0.4, 0.5) is 18.9 Å². The number of nitrogens with zero attached hydrogens (tertiary/aromatic N) is 5. The third kappa shape index (κ3) is 3.45. The number of hydrogen-bond acceptors (Lipinski definition) is 8. The van der Waals surface area contributed by atoms with Gasteiger partial charge in [0.25, 0.3) is 0 Å². The Balaban J connectivity index is 1.30. The quantitative estimate of drug-likeness (QED) is 0.464. The molecule has 0 spiro atoms. The number of imide groups is 1. The number of ether oxygens (including phenoxy) is 2. The number of benzene rings is 1. The van der Waals surface area contributed by atoms with Crippen LogP contribution in [-0.4, -0.2) is 44.6 Å². The largest absolute Gasteiger partial charge is 0.477 e. The van der Waals surface area contributed by atoms with Gasteiger partial charge in [-0.1, -0.05) is 0 Å². The average Bonchev–Trinajstić information content (AvgIpc) is 3.47. The lowest BCUT2D eigenvalue weighted by molar-refractivity contribution is -0.141. The predicted molar refractivity (Wildman–Crippen MR) is 125 cm³/mol. The molecule has 1 aromatic carbocycles. The van der Waals surface area contributed by atoms with Gasteiger partial charge in [0, 0.05) is 24.1 Å². The van der Waals surface area contributed by atoms with Gasteiger partial charge in [-0.25, -0.2) is 14.9 Å². The van der Waals surface area contributed by atoms with Gasteiger partial charge in [0.1, 0.15) is 12.4 Å². The number of carbonyl (C=O) groups excluding carboxylic acids is 2. The zero-order valence-corrected chi connectivity index (χ0v) is 20.0. The molecule has 12 heteroatoms. The summed E-state index contributed by atoms with van der Waals surface area (Å²) in [7, 11) is 0. The standard InChI is InChI=1S/C26H20F3N5O4/c1-24-6-7-25(38-24,8-10-37-18-11-17(26(27,28)29)32-13-33-18)20-19(24)22(35)34(23(20)36)16-5-4-14(12-30)21-15(16)3-2-9-31-21/h2-5,9,11,13,19-20H,6-8,10H2,1H3/t19-,20+,24-,25-/m1/s1. The Bertz CT molecular complexity index is 1540. The molecule has 9 nitrogen and oxygen atoms in total. The summed E-state index contributed by atoms with van der Waals surface area (Å²) in [5.41, 5.74) is -1.94. The van der Waals surface area contributed by atoms with E-state index in [0.717, 1.165) is 6.33 Å². The molecule has 194 valence electrons. The van der Waals surface area contributed by atoms with Crippen molar-refractivity contribution in [1.82, 2.24) is 15.0 Å². The minimum Gasteiger partial charge on any atom is -0.477 e. The van der Waals surface area contributed by atoms with E-state index in [2.05, 4.69) is 21.0 Å². The molecule has 0 radical (unpaired) electrons. The highest BCUT2D eigenvalue weighted by atomic mass is 19.4. The monoisotopic (exact) mass is 523 g/mol.